The maximum absolute atomic E-state index is 5.67. The van der Waals surface area contributed by atoms with E-state index in [0.29, 0.717) is 5.96 Å². The molecular formula is C5H11N6+. The van der Waals surface area contributed by atoms with Gasteiger partial charge >= 0.3 is 5.96 Å². The van der Waals surface area contributed by atoms with Crippen molar-refractivity contribution in [2.45, 2.75) is 0 Å². The molecule has 0 aliphatic carbocycles. The molecule has 5 N–H and O–H groups in total. The molecule has 6 nitrogen and oxygen atoms in total. The van der Waals surface area contributed by atoms with E-state index in [-0.39, 0.29) is 0 Å². The third-order valence-corrected chi connectivity index (χ3v) is 1.95. The minimum Gasteiger partial charge on any atom is -0.337 e. The molecular weight excluding hydrogens is 144 g/mol. The monoisotopic (exact) mass is 155 g/mol. The van der Waals surface area contributed by atoms with Crippen molar-refractivity contribution >= 4 is 5.96 Å². The molecule has 2 rings (SSSR count). The normalized spacial score (nSPS) is 30.4. The van der Waals surface area contributed by atoms with Crippen molar-refractivity contribution in [2.75, 3.05) is 13.7 Å². The van der Waals surface area contributed by atoms with Crippen LogP contribution < -0.4 is 16.5 Å². The molecule has 0 spiro atoms. The fourth-order valence-corrected chi connectivity index (χ4v) is 1.27. The summed E-state index contributed by atoms with van der Waals surface area (Å²) in [6.07, 6.45) is 1.69. The Morgan fingerprint density at radius 3 is 3.09 bits per heavy atom. The van der Waals surface area contributed by atoms with Gasteiger partial charge in [0.15, 0.2) is 6.67 Å². The lowest BCUT2D eigenvalue weighted by Crippen LogP contribution is -3.12. The zero-order valence-electron chi connectivity index (χ0n) is 6.28. The predicted molar refractivity (Wildman–Crippen MR) is 39.3 cm³/mol. The highest BCUT2D eigenvalue weighted by Gasteiger charge is 2.38. The third kappa shape index (κ3) is 0.739. The first-order valence-corrected chi connectivity index (χ1v) is 3.36. The lowest BCUT2D eigenvalue weighted by Gasteiger charge is -2.13. The number of rotatable bonds is 0. The predicted octanol–water partition coefficient (Wildman–Crippen LogP) is -3.01. The molecule has 1 fully saturated rings. The molecule has 0 bridgehead atoms. The van der Waals surface area contributed by atoms with Crippen LogP contribution >= 0.6 is 0 Å². The van der Waals surface area contributed by atoms with Gasteiger partial charge in [-0.05, 0) is 0 Å². The summed E-state index contributed by atoms with van der Waals surface area (Å²) < 4.78 is 0. The average molecular weight is 155 g/mol. The molecule has 1 saturated heterocycles. The van der Waals surface area contributed by atoms with Gasteiger partial charge in [0.2, 0.25) is 0 Å². The van der Waals surface area contributed by atoms with Gasteiger partial charge < -0.3 is 5.73 Å². The Balaban J connectivity index is 2.27. The van der Waals surface area contributed by atoms with E-state index >= 15 is 0 Å². The van der Waals surface area contributed by atoms with E-state index in [1.807, 2.05) is 12.1 Å². The minimum absolute atomic E-state index is 0.583. The standard InChI is InChI=1S/C5H10N6/c1-9-3-10-4(11(9)7)2-8-5(10)6/h2H,3,7H2,1H3,(H2,6,8)/p+1. The molecule has 1 atom stereocenters. The van der Waals surface area contributed by atoms with E-state index in [9.17, 15) is 0 Å². The van der Waals surface area contributed by atoms with Crippen LogP contribution in [0.3, 0.4) is 0 Å². The molecule has 1 unspecified atom stereocenters. The average Bonchev–Trinajstić information content (AvgIpc) is 2.43. The van der Waals surface area contributed by atoms with E-state index in [0.717, 1.165) is 17.4 Å². The summed E-state index contributed by atoms with van der Waals surface area (Å²) in [7, 11) is 1.90. The second kappa shape index (κ2) is 1.94. The smallest absolute Gasteiger partial charge is 0.305 e. The molecule has 6 heteroatoms. The number of quaternary nitrogens is 1. The van der Waals surface area contributed by atoms with Crippen LogP contribution in [0.4, 0.5) is 0 Å². The number of hydrogen-bond acceptors (Lipinski definition) is 5. The molecule has 0 aromatic carbocycles. The van der Waals surface area contributed by atoms with E-state index in [2.05, 4.69) is 4.99 Å². The number of aliphatic imine (C=N–C) groups is 1. The van der Waals surface area contributed by atoms with Crippen molar-refractivity contribution < 1.29 is 4.90 Å². The van der Waals surface area contributed by atoms with Crippen molar-refractivity contribution in [1.82, 2.24) is 10.1 Å². The van der Waals surface area contributed by atoms with Crippen molar-refractivity contribution in [2.24, 2.45) is 16.6 Å². The van der Waals surface area contributed by atoms with Crippen LogP contribution in [0.2, 0.25) is 0 Å². The molecule has 2 aliphatic heterocycles. The van der Waals surface area contributed by atoms with Crippen LogP contribution in [0.25, 0.3) is 0 Å². The zero-order valence-corrected chi connectivity index (χ0v) is 6.28. The molecule has 2 aliphatic rings. The van der Waals surface area contributed by atoms with Gasteiger partial charge in [-0.15, -0.1) is 0 Å². The largest absolute Gasteiger partial charge is 0.337 e. The molecule has 11 heavy (non-hydrogen) atoms. The summed E-state index contributed by atoms with van der Waals surface area (Å²) in [6, 6.07) is 0. The number of hydrazine groups is 2. The fourth-order valence-electron chi connectivity index (χ4n) is 1.27. The number of nitrogens with two attached hydrogens (primary N) is 2. The first-order chi connectivity index (χ1) is 5.20. The van der Waals surface area contributed by atoms with Crippen LogP contribution in [-0.2, 0) is 0 Å². The van der Waals surface area contributed by atoms with Crippen LogP contribution in [0.1, 0.15) is 0 Å². The molecule has 0 amide bonds. The van der Waals surface area contributed by atoms with Gasteiger partial charge in [0, 0.05) is 7.05 Å². The van der Waals surface area contributed by atoms with Crippen molar-refractivity contribution in [3.63, 3.8) is 0 Å². The first-order valence-electron chi connectivity index (χ1n) is 3.36. The van der Waals surface area contributed by atoms with Gasteiger partial charge in [0.25, 0.3) is 5.82 Å². The van der Waals surface area contributed by atoms with Crippen molar-refractivity contribution in [3.8, 4) is 0 Å². The van der Waals surface area contributed by atoms with Gasteiger partial charge in [-0.25, -0.2) is 10.7 Å². The number of nitrogens with one attached hydrogen (secondary N) is 1. The molecule has 2 heterocycles. The van der Waals surface area contributed by atoms with E-state index in [1.165, 1.54) is 0 Å². The van der Waals surface area contributed by atoms with Crippen molar-refractivity contribution in [1.29, 1.82) is 0 Å². The second-order valence-corrected chi connectivity index (χ2v) is 2.67. The highest BCUT2D eigenvalue weighted by Crippen LogP contribution is 2.03. The Labute approximate surface area is 64.3 Å². The van der Waals surface area contributed by atoms with Gasteiger partial charge in [-0.3, -0.25) is 0 Å². The Kier molecular flexibility index (Phi) is 1.16. The summed E-state index contributed by atoms with van der Waals surface area (Å²) in [5, 5.41) is 3.43. The zero-order chi connectivity index (χ0) is 8.01. The number of nitrogens with zero attached hydrogens (tertiary/aromatic N) is 3. The maximum Gasteiger partial charge on any atom is 0.305 e. The highest BCUT2D eigenvalue weighted by atomic mass is 15.8. The van der Waals surface area contributed by atoms with E-state index in [1.54, 1.807) is 11.3 Å². The number of guanidine groups is 1. The summed E-state index contributed by atoms with van der Waals surface area (Å²) >= 11 is 0. The molecule has 0 aromatic rings. The number of fused-ring (bicyclic) bond motifs is 1. The molecule has 0 saturated carbocycles. The molecule has 0 radical (unpaired) electrons. The quantitative estimate of drug-likeness (QED) is 0.326. The third-order valence-electron chi connectivity index (χ3n) is 1.95. The maximum atomic E-state index is 5.67. The van der Waals surface area contributed by atoms with Gasteiger partial charge in [-0.2, -0.15) is 15.1 Å². The molecule has 0 aromatic heterocycles. The lowest BCUT2D eigenvalue weighted by molar-refractivity contribution is -0.758. The minimum atomic E-state index is 0.583. The Morgan fingerprint density at radius 2 is 2.45 bits per heavy atom. The molecule has 60 valence electrons. The second-order valence-electron chi connectivity index (χ2n) is 2.67. The SMILES string of the molecule is CN1C[NH+]2C(=CN=C2N)N1N. The Bertz CT molecular complexity index is 243. The van der Waals surface area contributed by atoms with Gasteiger partial charge in [-0.1, -0.05) is 0 Å². The van der Waals surface area contributed by atoms with Crippen LogP contribution in [0.15, 0.2) is 17.0 Å². The fraction of sp³-hybridized carbons (Fsp3) is 0.400. The summed E-state index contributed by atoms with van der Waals surface area (Å²) in [6.45, 7) is 0.748. The van der Waals surface area contributed by atoms with Gasteiger partial charge in [0.05, 0.1) is 0 Å². The van der Waals surface area contributed by atoms with Crippen LogP contribution in [-0.4, -0.2) is 29.8 Å². The Morgan fingerprint density at radius 1 is 1.73 bits per heavy atom. The topological polar surface area (TPSA) is 75.3 Å². The summed E-state index contributed by atoms with van der Waals surface area (Å²) in [5.41, 5.74) is 5.60. The summed E-state index contributed by atoms with van der Waals surface area (Å²) in [4.78, 5) is 4.98. The van der Waals surface area contributed by atoms with Crippen LogP contribution in [0.5, 0.6) is 0 Å². The Hall–Kier alpha value is -1.11. The van der Waals surface area contributed by atoms with Gasteiger partial charge in [0.1, 0.15) is 6.20 Å². The first kappa shape index (κ1) is 6.59. The lowest BCUT2D eigenvalue weighted by atomic mass is 10.7. The summed E-state index contributed by atoms with van der Waals surface area (Å²) in [5.74, 6) is 7.16. The number of hydrogen-bond donors (Lipinski definition) is 3. The highest BCUT2D eigenvalue weighted by molar-refractivity contribution is 5.72. The van der Waals surface area contributed by atoms with Crippen LogP contribution in [0, 0.1) is 0 Å². The van der Waals surface area contributed by atoms with E-state index in [4.69, 9.17) is 11.6 Å². The van der Waals surface area contributed by atoms with Crippen molar-refractivity contribution in [3.05, 3.63) is 12.0 Å². The van der Waals surface area contributed by atoms with E-state index < -0.39 is 0 Å².